The molecule has 0 atom stereocenters. The predicted molar refractivity (Wildman–Crippen MR) is 122 cm³/mol. The summed E-state index contributed by atoms with van der Waals surface area (Å²) < 4.78 is 53.9. The van der Waals surface area contributed by atoms with E-state index in [0.717, 1.165) is 34.3 Å². The molecule has 0 aliphatic rings. The molecule has 2 N–H and O–H groups in total. The van der Waals surface area contributed by atoms with E-state index in [1.807, 2.05) is 6.07 Å². The number of benzene rings is 3. The molecule has 6 nitrogen and oxygen atoms in total. The molecule has 0 aliphatic heterocycles. The van der Waals surface area contributed by atoms with Crippen LogP contribution in [0.1, 0.15) is 0 Å². The average molecular weight is 462 g/mol. The van der Waals surface area contributed by atoms with Crippen LogP contribution < -0.4 is 4.72 Å². The minimum atomic E-state index is -3.85. The largest absolute Gasteiger partial charge is 0.339 e. The Balaban J connectivity index is 1.45. The molecule has 0 radical (unpaired) electrons. The second kappa shape index (κ2) is 8.10. The Bertz CT molecular complexity index is 1550. The van der Waals surface area contributed by atoms with E-state index in [4.69, 9.17) is 0 Å². The topological polar surface area (TPSA) is 87.7 Å². The zero-order chi connectivity index (χ0) is 23.0. The molecule has 0 amide bonds. The first-order valence-corrected chi connectivity index (χ1v) is 11.4. The molecule has 0 fully saturated rings. The molecule has 0 unspecified atom stereocenters. The van der Waals surface area contributed by atoms with Gasteiger partial charge in [0.1, 0.15) is 23.6 Å². The van der Waals surface area contributed by atoms with Crippen molar-refractivity contribution in [2.24, 2.45) is 0 Å². The lowest BCUT2D eigenvalue weighted by Crippen LogP contribution is -2.12. The van der Waals surface area contributed by atoms with Gasteiger partial charge in [-0.1, -0.05) is 12.1 Å². The lowest BCUT2D eigenvalue weighted by molar-refractivity contribution is 0.599. The highest BCUT2D eigenvalue weighted by Crippen LogP contribution is 2.30. The van der Waals surface area contributed by atoms with Crippen LogP contribution in [0.15, 0.2) is 90.1 Å². The number of anilines is 1. The number of fused-ring (bicyclic) bond motifs is 1. The first kappa shape index (κ1) is 20.8. The van der Waals surface area contributed by atoms with E-state index in [2.05, 4.69) is 19.7 Å². The molecule has 33 heavy (non-hydrogen) atoms. The molecule has 2 aromatic heterocycles. The summed E-state index contributed by atoms with van der Waals surface area (Å²) in [4.78, 5) is 11.8. The van der Waals surface area contributed by atoms with Crippen LogP contribution >= 0.6 is 0 Å². The first-order valence-electron chi connectivity index (χ1n) is 9.87. The number of aromatic nitrogens is 3. The number of hydrogen-bond acceptors (Lipinski definition) is 4. The third-order valence-electron chi connectivity index (χ3n) is 5.12. The van der Waals surface area contributed by atoms with Crippen molar-refractivity contribution < 1.29 is 17.2 Å². The van der Waals surface area contributed by atoms with Crippen LogP contribution in [0.2, 0.25) is 0 Å². The van der Waals surface area contributed by atoms with Crippen molar-refractivity contribution in [3.05, 3.63) is 96.8 Å². The van der Waals surface area contributed by atoms with Crippen LogP contribution in [-0.2, 0) is 10.0 Å². The third-order valence-corrected chi connectivity index (χ3v) is 6.51. The lowest BCUT2D eigenvalue weighted by atomic mass is 10.1. The highest BCUT2D eigenvalue weighted by molar-refractivity contribution is 7.92. The number of nitrogens with one attached hydrogen (secondary N) is 2. The van der Waals surface area contributed by atoms with Gasteiger partial charge in [-0.05, 0) is 72.3 Å². The summed E-state index contributed by atoms with van der Waals surface area (Å²) in [5, 5.41) is 0.775. The molecule has 5 rings (SSSR count). The normalized spacial score (nSPS) is 11.6. The molecule has 0 saturated heterocycles. The van der Waals surface area contributed by atoms with Gasteiger partial charge >= 0.3 is 0 Å². The molecular formula is C24H16F2N4O2S. The predicted octanol–water partition coefficient (Wildman–Crippen LogP) is 5.37. The van der Waals surface area contributed by atoms with E-state index in [1.165, 1.54) is 30.6 Å². The van der Waals surface area contributed by atoms with E-state index in [-0.39, 0.29) is 10.7 Å². The highest BCUT2D eigenvalue weighted by atomic mass is 32.2. The number of hydrogen-bond donors (Lipinski definition) is 2. The summed E-state index contributed by atoms with van der Waals surface area (Å²) in [6.07, 6.45) is 1.44. The van der Waals surface area contributed by atoms with E-state index >= 15 is 0 Å². The van der Waals surface area contributed by atoms with Crippen LogP contribution in [0.3, 0.4) is 0 Å². The minimum absolute atomic E-state index is 0.0360. The molecule has 9 heteroatoms. The Morgan fingerprint density at radius 3 is 2.03 bits per heavy atom. The summed E-state index contributed by atoms with van der Waals surface area (Å²) in [5.41, 5.74) is 3.99. The maximum atomic E-state index is 13.2. The lowest BCUT2D eigenvalue weighted by Gasteiger charge is -2.09. The van der Waals surface area contributed by atoms with Crippen molar-refractivity contribution in [2.45, 2.75) is 4.90 Å². The quantitative estimate of drug-likeness (QED) is 0.368. The van der Waals surface area contributed by atoms with Gasteiger partial charge in [-0.3, -0.25) is 4.72 Å². The van der Waals surface area contributed by atoms with Crippen LogP contribution in [0.25, 0.3) is 33.5 Å². The number of sulfonamides is 1. The third kappa shape index (κ3) is 4.18. The number of halogens is 2. The van der Waals surface area contributed by atoms with Gasteiger partial charge in [-0.25, -0.2) is 27.2 Å². The fourth-order valence-corrected chi connectivity index (χ4v) is 4.54. The minimum Gasteiger partial charge on any atom is -0.339 e. The number of rotatable bonds is 5. The monoisotopic (exact) mass is 462 g/mol. The van der Waals surface area contributed by atoms with Crippen molar-refractivity contribution in [3.8, 4) is 22.5 Å². The van der Waals surface area contributed by atoms with Crippen LogP contribution in [0.4, 0.5) is 14.5 Å². The Morgan fingerprint density at radius 2 is 1.36 bits per heavy atom. The van der Waals surface area contributed by atoms with Crippen LogP contribution in [-0.4, -0.2) is 23.4 Å². The van der Waals surface area contributed by atoms with Gasteiger partial charge in [0.2, 0.25) is 0 Å². The van der Waals surface area contributed by atoms with Gasteiger partial charge in [-0.2, -0.15) is 0 Å². The molecular weight excluding hydrogens is 446 g/mol. The van der Waals surface area contributed by atoms with Crippen LogP contribution in [0.5, 0.6) is 0 Å². The number of nitrogens with zero attached hydrogens (tertiary/aromatic N) is 2. The van der Waals surface area contributed by atoms with Gasteiger partial charge < -0.3 is 4.98 Å². The summed E-state index contributed by atoms with van der Waals surface area (Å²) in [6, 6.07) is 19.3. The molecule has 0 spiro atoms. The second-order valence-electron chi connectivity index (χ2n) is 7.31. The molecule has 0 bridgehead atoms. The van der Waals surface area contributed by atoms with Crippen molar-refractivity contribution in [1.82, 2.24) is 15.0 Å². The van der Waals surface area contributed by atoms with Gasteiger partial charge in [0, 0.05) is 22.3 Å². The summed E-state index contributed by atoms with van der Waals surface area (Å²) >= 11 is 0. The van der Waals surface area contributed by atoms with Crippen molar-refractivity contribution in [2.75, 3.05) is 4.72 Å². The summed E-state index contributed by atoms with van der Waals surface area (Å²) in [5.74, 6) is -0.827. The van der Waals surface area contributed by atoms with E-state index in [1.54, 1.807) is 36.4 Å². The number of aromatic amines is 1. The van der Waals surface area contributed by atoms with E-state index in [0.29, 0.717) is 17.0 Å². The molecule has 0 aliphatic carbocycles. The van der Waals surface area contributed by atoms with Gasteiger partial charge in [0.15, 0.2) is 0 Å². The Hall–Kier alpha value is -4.11. The first-order chi connectivity index (χ1) is 15.9. The molecule has 5 aromatic rings. The standard InChI is InChI=1S/C24H16F2N4O2S/c25-17-5-1-15(2-6-17)22-13-21-23(27-14-28-24(21)29-22)16-3-9-19(10-4-16)30-33(31,32)20-11-7-18(26)8-12-20/h1-14,30H,(H,27,28,29). The Morgan fingerprint density at radius 1 is 0.758 bits per heavy atom. The maximum Gasteiger partial charge on any atom is 0.261 e. The van der Waals surface area contributed by atoms with Gasteiger partial charge in [0.25, 0.3) is 10.0 Å². The van der Waals surface area contributed by atoms with Crippen molar-refractivity contribution in [3.63, 3.8) is 0 Å². The number of H-pyrrole nitrogens is 1. The highest BCUT2D eigenvalue weighted by Gasteiger charge is 2.15. The van der Waals surface area contributed by atoms with Gasteiger partial charge in [-0.15, -0.1) is 0 Å². The Kier molecular flexibility index (Phi) is 5.10. The van der Waals surface area contributed by atoms with Gasteiger partial charge in [0.05, 0.1) is 10.6 Å². The fourth-order valence-electron chi connectivity index (χ4n) is 3.48. The molecule has 2 heterocycles. The molecule has 0 saturated carbocycles. The van der Waals surface area contributed by atoms with E-state index in [9.17, 15) is 17.2 Å². The zero-order valence-electron chi connectivity index (χ0n) is 17.0. The average Bonchev–Trinajstić information content (AvgIpc) is 3.25. The van der Waals surface area contributed by atoms with Crippen molar-refractivity contribution in [1.29, 1.82) is 0 Å². The zero-order valence-corrected chi connectivity index (χ0v) is 17.8. The van der Waals surface area contributed by atoms with Crippen molar-refractivity contribution >= 4 is 26.7 Å². The molecule has 3 aromatic carbocycles. The maximum absolute atomic E-state index is 13.2. The summed E-state index contributed by atoms with van der Waals surface area (Å²) in [7, 11) is -3.85. The SMILES string of the molecule is O=S(=O)(Nc1ccc(-c2ncnc3[nH]c(-c4ccc(F)cc4)cc23)cc1)c1ccc(F)cc1. The van der Waals surface area contributed by atoms with Crippen LogP contribution in [0, 0.1) is 11.6 Å². The fraction of sp³-hybridized carbons (Fsp3) is 0. The second-order valence-corrected chi connectivity index (χ2v) is 8.99. The molecule has 164 valence electrons. The Labute approximate surface area is 188 Å². The summed E-state index contributed by atoms with van der Waals surface area (Å²) in [6.45, 7) is 0. The smallest absolute Gasteiger partial charge is 0.261 e. The van der Waals surface area contributed by atoms with E-state index < -0.39 is 15.8 Å².